The van der Waals surface area contributed by atoms with E-state index in [-0.39, 0.29) is 11.8 Å². The molecule has 0 aromatic heterocycles. The Morgan fingerprint density at radius 3 is 2.67 bits per heavy atom. The first-order valence-corrected chi connectivity index (χ1v) is 8.01. The van der Waals surface area contributed by atoms with Crippen LogP contribution in [0, 0.1) is 0 Å². The lowest BCUT2D eigenvalue weighted by atomic mass is 9.98. The molecule has 0 bridgehead atoms. The molecule has 24 heavy (non-hydrogen) atoms. The molecule has 0 unspecified atom stereocenters. The summed E-state index contributed by atoms with van der Waals surface area (Å²) in [5, 5.41) is 5.72. The zero-order chi connectivity index (χ0) is 17.1. The molecule has 1 heterocycles. The summed E-state index contributed by atoms with van der Waals surface area (Å²) >= 11 is 0. The van der Waals surface area contributed by atoms with Crippen molar-refractivity contribution in [2.24, 2.45) is 0 Å². The van der Waals surface area contributed by atoms with Crippen molar-refractivity contribution < 1.29 is 9.59 Å². The molecule has 2 aromatic rings. The number of carbonyl (C=O) groups excluding carboxylic acids is 2. The highest BCUT2D eigenvalue weighted by atomic mass is 16.2. The van der Waals surface area contributed by atoms with E-state index in [0.717, 1.165) is 25.2 Å². The van der Waals surface area contributed by atoms with Crippen LogP contribution in [0.25, 0.3) is 0 Å². The van der Waals surface area contributed by atoms with Gasteiger partial charge in [0.25, 0.3) is 0 Å². The fraction of sp³-hybridized carbons (Fsp3) is 0.263. The number of anilines is 2. The van der Waals surface area contributed by atoms with Crippen LogP contribution < -0.4 is 10.6 Å². The van der Waals surface area contributed by atoms with E-state index in [4.69, 9.17) is 0 Å². The first-order chi connectivity index (χ1) is 11.5. The van der Waals surface area contributed by atoms with Crippen LogP contribution in [-0.4, -0.2) is 30.3 Å². The SMILES string of the molecule is CC(=O)c1cccc(NC(=O)Nc2cccc3c2CCN(C)C3)c1. The van der Waals surface area contributed by atoms with Crippen molar-refractivity contribution in [3.63, 3.8) is 0 Å². The van der Waals surface area contributed by atoms with Crippen LogP contribution in [0.2, 0.25) is 0 Å². The van der Waals surface area contributed by atoms with Gasteiger partial charge >= 0.3 is 6.03 Å². The highest BCUT2D eigenvalue weighted by Gasteiger charge is 2.17. The third kappa shape index (κ3) is 3.63. The molecule has 2 N–H and O–H groups in total. The fourth-order valence-corrected chi connectivity index (χ4v) is 2.97. The number of amides is 2. The molecule has 0 atom stereocenters. The number of ketones is 1. The minimum absolute atomic E-state index is 0.0275. The molecule has 2 aromatic carbocycles. The van der Waals surface area contributed by atoms with E-state index in [1.54, 1.807) is 24.3 Å². The van der Waals surface area contributed by atoms with Gasteiger partial charge in [-0.05, 0) is 49.7 Å². The van der Waals surface area contributed by atoms with Crippen LogP contribution in [0.1, 0.15) is 28.4 Å². The van der Waals surface area contributed by atoms with Crippen molar-refractivity contribution in [3.05, 3.63) is 59.2 Å². The zero-order valence-electron chi connectivity index (χ0n) is 13.9. The zero-order valence-corrected chi connectivity index (χ0v) is 13.9. The maximum absolute atomic E-state index is 12.3. The average molecular weight is 323 g/mol. The van der Waals surface area contributed by atoms with Crippen molar-refractivity contribution in [1.82, 2.24) is 4.90 Å². The number of hydrogen-bond donors (Lipinski definition) is 2. The fourth-order valence-electron chi connectivity index (χ4n) is 2.97. The minimum Gasteiger partial charge on any atom is -0.308 e. The maximum atomic E-state index is 12.3. The Balaban J connectivity index is 1.73. The number of carbonyl (C=O) groups is 2. The lowest BCUT2D eigenvalue weighted by Crippen LogP contribution is -2.28. The molecule has 124 valence electrons. The summed E-state index contributed by atoms with van der Waals surface area (Å²) in [5.74, 6) is -0.0275. The van der Waals surface area contributed by atoms with Crippen LogP contribution in [0.5, 0.6) is 0 Å². The normalized spacial score (nSPS) is 13.9. The number of fused-ring (bicyclic) bond motifs is 1. The van der Waals surface area contributed by atoms with Crippen molar-refractivity contribution >= 4 is 23.2 Å². The summed E-state index contributed by atoms with van der Waals surface area (Å²) in [6, 6.07) is 12.6. The van der Waals surface area contributed by atoms with Gasteiger partial charge in [-0.15, -0.1) is 0 Å². The van der Waals surface area contributed by atoms with Gasteiger partial charge in [-0.25, -0.2) is 4.79 Å². The molecule has 1 aliphatic rings. The molecular weight excluding hydrogens is 302 g/mol. The first-order valence-electron chi connectivity index (χ1n) is 8.01. The molecule has 1 aliphatic heterocycles. The summed E-state index contributed by atoms with van der Waals surface area (Å²) < 4.78 is 0. The van der Waals surface area contributed by atoms with Gasteiger partial charge in [0.15, 0.2) is 5.78 Å². The van der Waals surface area contributed by atoms with Gasteiger partial charge in [0.05, 0.1) is 0 Å². The second kappa shape index (κ2) is 6.84. The number of rotatable bonds is 3. The maximum Gasteiger partial charge on any atom is 0.323 e. The van der Waals surface area contributed by atoms with Crippen molar-refractivity contribution in [2.45, 2.75) is 19.9 Å². The summed E-state index contributed by atoms with van der Waals surface area (Å²) in [6.07, 6.45) is 0.919. The molecule has 0 saturated carbocycles. The van der Waals surface area contributed by atoms with Gasteiger partial charge in [-0.3, -0.25) is 4.79 Å². The van der Waals surface area contributed by atoms with E-state index in [0.29, 0.717) is 11.3 Å². The largest absolute Gasteiger partial charge is 0.323 e. The van der Waals surface area contributed by atoms with Gasteiger partial charge in [-0.1, -0.05) is 24.3 Å². The monoisotopic (exact) mass is 323 g/mol. The third-order valence-corrected chi connectivity index (χ3v) is 4.23. The molecule has 5 nitrogen and oxygen atoms in total. The summed E-state index contributed by atoms with van der Waals surface area (Å²) in [4.78, 5) is 26.0. The molecule has 0 radical (unpaired) electrons. The van der Waals surface area contributed by atoms with E-state index >= 15 is 0 Å². The summed E-state index contributed by atoms with van der Waals surface area (Å²) in [6.45, 7) is 3.38. The Morgan fingerprint density at radius 2 is 1.88 bits per heavy atom. The van der Waals surface area contributed by atoms with Gasteiger partial charge in [-0.2, -0.15) is 0 Å². The predicted molar refractivity (Wildman–Crippen MR) is 95.6 cm³/mol. The summed E-state index contributed by atoms with van der Waals surface area (Å²) in [5.41, 5.74) is 4.47. The topological polar surface area (TPSA) is 61.4 Å². The van der Waals surface area contributed by atoms with E-state index in [1.807, 2.05) is 12.1 Å². The van der Waals surface area contributed by atoms with E-state index in [1.165, 1.54) is 18.1 Å². The molecule has 0 saturated heterocycles. The quantitative estimate of drug-likeness (QED) is 0.850. The van der Waals surface area contributed by atoms with Crippen molar-refractivity contribution in [1.29, 1.82) is 0 Å². The standard InChI is InChI=1S/C19H21N3O2/c1-13(23)14-5-3-7-16(11-14)20-19(24)21-18-8-4-6-15-12-22(2)10-9-17(15)18/h3-8,11H,9-10,12H2,1-2H3,(H2,20,21,24). The number of benzene rings is 2. The van der Waals surface area contributed by atoms with E-state index in [9.17, 15) is 9.59 Å². The van der Waals surface area contributed by atoms with Crippen molar-refractivity contribution in [2.75, 3.05) is 24.2 Å². The number of hydrogen-bond acceptors (Lipinski definition) is 3. The Kier molecular flexibility index (Phi) is 4.62. The number of likely N-dealkylation sites (N-methyl/N-ethyl adjacent to an activating group) is 1. The molecule has 0 spiro atoms. The number of urea groups is 1. The second-order valence-corrected chi connectivity index (χ2v) is 6.15. The van der Waals surface area contributed by atoms with Crippen LogP contribution in [0.3, 0.4) is 0 Å². The van der Waals surface area contributed by atoms with Gasteiger partial charge < -0.3 is 15.5 Å². The Bertz CT molecular complexity index is 786. The smallest absolute Gasteiger partial charge is 0.308 e. The molecule has 0 aliphatic carbocycles. The second-order valence-electron chi connectivity index (χ2n) is 6.15. The Hall–Kier alpha value is -2.66. The number of nitrogens with one attached hydrogen (secondary N) is 2. The van der Waals surface area contributed by atoms with Crippen LogP contribution in [0.4, 0.5) is 16.2 Å². The average Bonchev–Trinajstić information content (AvgIpc) is 2.55. The molecule has 3 rings (SSSR count). The Labute approximate surface area is 141 Å². The number of nitrogens with zero attached hydrogens (tertiary/aromatic N) is 1. The van der Waals surface area contributed by atoms with Gasteiger partial charge in [0, 0.05) is 30.0 Å². The minimum atomic E-state index is -0.303. The lowest BCUT2D eigenvalue weighted by Gasteiger charge is -2.26. The third-order valence-electron chi connectivity index (χ3n) is 4.23. The molecular formula is C19H21N3O2. The van der Waals surface area contributed by atoms with E-state index in [2.05, 4.69) is 28.6 Å². The van der Waals surface area contributed by atoms with Crippen molar-refractivity contribution in [3.8, 4) is 0 Å². The molecule has 0 fully saturated rings. The number of Topliss-reactive ketones (excluding diaryl/α,β-unsaturated/α-hetero) is 1. The van der Waals surface area contributed by atoms with Crippen LogP contribution in [0.15, 0.2) is 42.5 Å². The van der Waals surface area contributed by atoms with Crippen LogP contribution in [-0.2, 0) is 13.0 Å². The highest BCUT2D eigenvalue weighted by Crippen LogP contribution is 2.25. The van der Waals surface area contributed by atoms with Crippen LogP contribution >= 0.6 is 0 Å². The van der Waals surface area contributed by atoms with E-state index < -0.39 is 0 Å². The highest BCUT2D eigenvalue weighted by molar-refractivity contribution is 6.01. The summed E-state index contributed by atoms with van der Waals surface area (Å²) in [7, 11) is 2.10. The molecule has 5 heteroatoms. The predicted octanol–water partition coefficient (Wildman–Crippen LogP) is 3.52. The van der Waals surface area contributed by atoms with Gasteiger partial charge in [0.1, 0.15) is 0 Å². The van der Waals surface area contributed by atoms with Gasteiger partial charge in [0.2, 0.25) is 0 Å². The lowest BCUT2D eigenvalue weighted by molar-refractivity contribution is 0.101. The first kappa shape index (κ1) is 16.2. The molecule has 2 amide bonds. The Morgan fingerprint density at radius 1 is 1.08 bits per heavy atom.